The summed E-state index contributed by atoms with van der Waals surface area (Å²) in [5.41, 5.74) is 0.939. The van der Waals surface area contributed by atoms with E-state index in [9.17, 15) is 4.79 Å². The van der Waals surface area contributed by atoms with Crippen LogP contribution in [0, 0.1) is 0 Å². The van der Waals surface area contributed by atoms with Crippen LogP contribution in [0.1, 0.15) is 11.6 Å². The van der Waals surface area contributed by atoms with E-state index in [-0.39, 0.29) is 11.9 Å². The molecular formula is C10H10N2OS. The average molecular weight is 206 g/mol. The molecule has 1 atom stereocenters. The second kappa shape index (κ2) is 3.84. The zero-order valence-corrected chi connectivity index (χ0v) is 8.54. The van der Waals surface area contributed by atoms with E-state index in [1.807, 2.05) is 36.6 Å². The molecule has 1 aromatic carbocycles. The number of hydrogen-bond donors (Lipinski definition) is 1. The number of hydrogen-bond acceptors (Lipinski definition) is 3. The zero-order valence-electron chi connectivity index (χ0n) is 7.73. The van der Waals surface area contributed by atoms with E-state index < -0.39 is 0 Å². The predicted octanol–water partition coefficient (Wildman–Crippen LogP) is 1.58. The largest absolute Gasteiger partial charge is 0.303 e. The summed E-state index contributed by atoms with van der Waals surface area (Å²) in [6.45, 7) is 0. The van der Waals surface area contributed by atoms with Crippen molar-refractivity contribution < 1.29 is 4.79 Å². The molecule has 0 bridgehead atoms. The second-order valence-corrected chi connectivity index (χ2v) is 3.74. The number of nitrogens with one attached hydrogen (secondary N) is 1. The number of carbonyl (C=O) groups is 1. The monoisotopic (exact) mass is 206 g/mol. The van der Waals surface area contributed by atoms with Crippen LogP contribution in [-0.2, 0) is 4.79 Å². The number of aliphatic imine (C=N–C) groups is 1. The molecule has 0 radical (unpaired) electrons. The minimum atomic E-state index is -0.362. The molecule has 3 nitrogen and oxygen atoms in total. The fourth-order valence-corrected chi connectivity index (χ4v) is 1.76. The third-order valence-electron chi connectivity index (χ3n) is 2.03. The van der Waals surface area contributed by atoms with Gasteiger partial charge < -0.3 is 5.32 Å². The van der Waals surface area contributed by atoms with Crippen LogP contribution in [0.3, 0.4) is 0 Å². The highest BCUT2D eigenvalue weighted by Gasteiger charge is 2.26. The third kappa shape index (κ3) is 1.65. The van der Waals surface area contributed by atoms with Crippen LogP contribution in [0.2, 0.25) is 0 Å². The van der Waals surface area contributed by atoms with Gasteiger partial charge in [0.2, 0.25) is 0 Å². The first kappa shape index (κ1) is 9.27. The number of benzene rings is 1. The fraction of sp³-hybridized carbons (Fsp3) is 0.200. The molecule has 1 aromatic rings. The van der Waals surface area contributed by atoms with Crippen molar-refractivity contribution in [3.63, 3.8) is 0 Å². The van der Waals surface area contributed by atoms with Crippen LogP contribution in [0.25, 0.3) is 0 Å². The number of carbonyl (C=O) groups excluding carboxylic acids is 1. The molecule has 0 saturated carbocycles. The van der Waals surface area contributed by atoms with Gasteiger partial charge in [0.1, 0.15) is 0 Å². The molecule has 1 aliphatic heterocycles. The summed E-state index contributed by atoms with van der Waals surface area (Å²) in [4.78, 5) is 15.8. The van der Waals surface area contributed by atoms with E-state index in [1.165, 1.54) is 11.8 Å². The molecule has 0 aromatic heterocycles. The Morgan fingerprint density at radius 3 is 2.64 bits per heavy atom. The lowest BCUT2D eigenvalue weighted by atomic mass is 10.1. The van der Waals surface area contributed by atoms with E-state index in [2.05, 4.69) is 10.3 Å². The maximum Gasteiger partial charge on any atom is 0.255 e. The maximum atomic E-state index is 11.5. The standard InChI is InChI=1S/C10H10N2OS/c1-14-10-11-8(9(13)12-10)7-5-3-2-4-6-7/h2-6,8H,1H3,(H,11,12,13). The van der Waals surface area contributed by atoms with Crippen molar-refractivity contribution in [3.8, 4) is 0 Å². The number of amidine groups is 1. The van der Waals surface area contributed by atoms with Crippen LogP contribution in [0.4, 0.5) is 0 Å². The number of nitrogens with zero attached hydrogens (tertiary/aromatic N) is 1. The van der Waals surface area contributed by atoms with Gasteiger partial charge in [0.15, 0.2) is 11.2 Å². The van der Waals surface area contributed by atoms with Gasteiger partial charge in [-0.05, 0) is 11.8 Å². The summed E-state index contributed by atoms with van der Waals surface area (Å²) in [5, 5.41) is 3.42. The van der Waals surface area contributed by atoms with Gasteiger partial charge in [-0.25, -0.2) is 4.99 Å². The molecule has 1 unspecified atom stereocenters. The van der Waals surface area contributed by atoms with Crippen LogP contribution < -0.4 is 5.32 Å². The van der Waals surface area contributed by atoms with Crippen LogP contribution in [0.5, 0.6) is 0 Å². The third-order valence-corrected chi connectivity index (χ3v) is 2.63. The molecule has 1 amide bonds. The van der Waals surface area contributed by atoms with Gasteiger partial charge in [0.05, 0.1) is 0 Å². The van der Waals surface area contributed by atoms with Crippen molar-refractivity contribution >= 4 is 22.8 Å². The smallest absolute Gasteiger partial charge is 0.255 e. The average Bonchev–Trinajstić information content (AvgIpc) is 2.61. The van der Waals surface area contributed by atoms with Crippen molar-refractivity contribution in [2.75, 3.05) is 6.26 Å². The quantitative estimate of drug-likeness (QED) is 0.758. The van der Waals surface area contributed by atoms with Gasteiger partial charge >= 0.3 is 0 Å². The molecule has 0 spiro atoms. The van der Waals surface area contributed by atoms with Crippen LogP contribution in [-0.4, -0.2) is 17.3 Å². The summed E-state index contributed by atoms with van der Waals surface area (Å²) in [7, 11) is 0. The first-order chi connectivity index (χ1) is 6.81. The Hall–Kier alpha value is -1.29. The molecule has 0 fully saturated rings. The van der Waals surface area contributed by atoms with Gasteiger partial charge in [0.25, 0.3) is 5.91 Å². The molecule has 0 saturated heterocycles. The number of amides is 1. The number of rotatable bonds is 1. The van der Waals surface area contributed by atoms with Gasteiger partial charge in [-0.3, -0.25) is 4.79 Å². The summed E-state index contributed by atoms with van der Waals surface area (Å²) in [6, 6.07) is 9.22. The highest BCUT2D eigenvalue weighted by molar-refractivity contribution is 8.13. The normalized spacial score (nSPS) is 20.5. The Balaban J connectivity index is 2.28. The Labute approximate surface area is 86.6 Å². The topological polar surface area (TPSA) is 41.5 Å². The first-order valence-corrected chi connectivity index (χ1v) is 5.51. The first-order valence-electron chi connectivity index (χ1n) is 4.29. The van der Waals surface area contributed by atoms with Gasteiger partial charge in [0, 0.05) is 0 Å². The van der Waals surface area contributed by atoms with E-state index in [4.69, 9.17) is 0 Å². The molecular weight excluding hydrogens is 196 g/mol. The summed E-state index contributed by atoms with van der Waals surface area (Å²) < 4.78 is 0. The van der Waals surface area contributed by atoms with Crippen molar-refractivity contribution in [3.05, 3.63) is 35.9 Å². The Bertz CT molecular complexity index is 375. The number of thioether (sulfide) groups is 1. The lowest BCUT2D eigenvalue weighted by Crippen LogP contribution is -2.23. The lowest BCUT2D eigenvalue weighted by molar-refractivity contribution is -0.120. The molecule has 4 heteroatoms. The van der Waals surface area contributed by atoms with Gasteiger partial charge in [-0.1, -0.05) is 42.1 Å². The lowest BCUT2D eigenvalue weighted by Gasteiger charge is -2.02. The second-order valence-electron chi connectivity index (χ2n) is 2.94. The van der Waals surface area contributed by atoms with Crippen LogP contribution >= 0.6 is 11.8 Å². The zero-order chi connectivity index (χ0) is 9.97. The molecule has 2 rings (SSSR count). The van der Waals surface area contributed by atoms with Crippen molar-refractivity contribution in [2.45, 2.75) is 6.04 Å². The Morgan fingerprint density at radius 2 is 2.07 bits per heavy atom. The molecule has 72 valence electrons. The predicted molar refractivity (Wildman–Crippen MR) is 58.3 cm³/mol. The van der Waals surface area contributed by atoms with E-state index in [1.54, 1.807) is 0 Å². The molecule has 1 heterocycles. The summed E-state index contributed by atoms with van der Waals surface area (Å²) in [5.74, 6) is -0.0412. The summed E-state index contributed by atoms with van der Waals surface area (Å²) >= 11 is 1.45. The maximum absolute atomic E-state index is 11.5. The SMILES string of the molecule is CSC1=NC(c2ccccc2)C(=O)N1. The minimum absolute atomic E-state index is 0.0412. The van der Waals surface area contributed by atoms with Crippen LogP contribution in [0.15, 0.2) is 35.3 Å². The molecule has 0 aliphatic carbocycles. The minimum Gasteiger partial charge on any atom is -0.303 e. The van der Waals surface area contributed by atoms with Crippen molar-refractivity contribution in [1.29, 1.82) is 0 Å². The van der Waals surface area contributed by atoms with Gasteiger partial charge in [-0.15, -0.1) is 0 Å². The van der Waals surface area contributed by atoms with Crippen molar-refractivity contribution in [2.24, 2.45) is 4.99 Å². The molecule has 1 aliphatic rings. The molecule has 14 heavy (non-hydrogen) atoms. The van der Waals surface area contributed by atoms with E-state index in [0.717, 1.165) is 5.56 Å². The highest BCUT2D eigenvalue weighted by atomic mass is 32.2. The fourth-order valence-electron chi connectivity index (χ4n) is 1.35. The Morgan fingerprint density at radius 1 is 1.36 bits per heavy atom. The summed E-state index contributed by atoms with van der Waals surface area (Å²) in [6.07, 6.45) is 1.90. The Kier molecular flexibility index (Phi) is 2.54. The van der Waals surface area contributed by atoms with E-state index in [0.29, 0.717) is 5.17 Å². The highest BCUT2D eigenvalue weighted by Crippen LogP contribution is 2.22. The van der Waals surface area contributed by atoms with E-state index >= 15 is 0 Å². The van der Waals surface area contributed by atoms with Crippen molar-refractivity contribution in [1.82, 2.24) is 5.32 Å². The van der Waals surface area contributed by atoms with Gasteiger partial charge in [-0.2, -0.15) is 0 Å². The molecule has 1 N–H and O–H groups in total.